The summed E-state index contributed by atoms with van der Waals surface area (Å²) in [5, 5.41) is 14.7. The predicted octanol–water partition coefficient (Wildman–Crippen LogP) is 5.69. The predicted molar refractivity (Wildman–Crippen MR) is 135 cm³/mol. The third kappa shape index (κ3) is 5.33. The summed E-state index contributed by atoms with van der Waals surface area (Å²) in [6.45, 7) is 0.425. The number of nitro benzene ring substituents is 1. The Hall–Kier alpha value is -4.72. The van der Waals surface area contributed by atoms with Crippen LogP contribution in [-0.2, 0) is 19.4 Å². The van der Waals surface area contributed by atoms with Gasteiger partial charge in [0.25, 0.3) is 11.6 Å². The number of amides is 1. The smallest absolute Gasteiger partial charge is 0.271 e. The highest BCUT2D eigenvalue weighted by atomic mass is 16.6. The Morgan fingerprint density at radius 1 is 1.00 bits per heavy atom. The van der Waals surface area contributed by atoms with Crippen molar-refractivity contribution in [2.75, 3.05) is 0 Å². The van der Waals surface area contributed by atoms with Gasteiger partial charge in [-0.05, 0) is 84.5 Å². The van der Waals surface area contributed by atoms with Crippen LogP contribution in [0, 0.1) is 10.1 Å². The van der Waals surface area contributed by atoms with Crippen molar-refractivity contribution in [2.24, 2.45) is 5.10 Å². The van der Waals surface area contributed by atoms with E-state index in [1.807, 2.05) is 18.2 Å². The SMILES string of the molecule is O=C(N/N=C\c1ccc(-c2ccc([N+](=O)[O-])cc2)o1)c1ccc(COc2ccc3c(c2)CCC3)cc1. The molecule has 0 saturated carbocycles. The van der Waals surface area contributed by atoms with E-state index in [0.717, 1.165) is 24.2 Å². The average Bonchev–Trinajstić information content (AvgIpc) is 3.57. The molecule has 1 N–H and O–H groups in total. The van der Waals surface area contributed by atoms with Crippen LogP contribution in [0.4, 0.5) is 5.69 Å². The minimum atomic E-state index is -0.455. The molecule has 8 heteroatoms. The first-order valence-corrected chi connectivity index (χ1v) is 11.6. The highest BCUT2D eigenvalue weighted by molar-refractivity contribution is 5.94. The van der Waals surface area contributed by atoms with E-state index in [1.165, 1.54) is 35.9 Å². The quantitative estimate of drug-likeness (QED) is 0.198. The number of rotatable bonds is 8. The molecule has 1 heterocycles. The molecule has 0 saturated heterocycles. The minimum Gasteiger partial charge on any atom is -0.489 e. The lowest BCUT2D eigenvalue weighted by atomic mass is 10.1. The van der Waals surface area contributed by atoms with Crippen LogP contribution in [0.1, 0.15) is 39.2 Å². The van der Waals surface area contributed by atoms with Crippen molar-refractivity contribution >= 4 is 17.8 Å². The Morgan fingerprint density at radius 3 is 2.56 bits per heavy atom. The summed E-state index contributed by atoms with van der Waals surface area (Å²) in [5.41, 5.74) is 7.41. The van der Waals surface area contributed by atoms with Crippen molar-refractivity contribution in [1.29, 1.82) is 0 Å². The van der Waals surface area contributed by atoms with Crippen LogP contribution >= 0.6 is 0 Å². The fraction of sp³-hybridized carbons (Fsp3) is 0.143. The maximum atomic E-state index is 12.4. The van der Waals surface area contributed by atoms with E-state index in [1.54, 1.807) is 36.4 Å². The van der Waals surface area contributed by atoms with Crippen molar-refractivity contribution in [3.63, 3.8) is 0 Å². The van der Waals surface area contributed by atoms with Crippen molar-refractivity contribution in [3.05, 3.63) is 117 Å². The van der Waals surface area contributed by atoms with Gasteiger partial charge in [-0.2, -0.15) is 5.10 Å². The fourth-order valence-electron chi connectivity index (χ4n) is 4.10. The third-order valence-corrected chi connectivity index (χ3v) is 6.04. The first-order valence-electron chi connectivity index (χ1n) is 11.6. The number of furan rings is 1. The molecule has 0 unspecified atom stereocenters. The van der Waals surface area contributed by atoms with Crippen molar-refractivity contribution < 1.29 is 18.9 Å². The fourth-order valence-corrected chi connectivity index (χ4v) is 4.10. The van der Waals surface area contributed by atoms with E-state index in [4.69, 9.17) is 9.15 Å². The standard InChI is InChI=1S/C28H23N3O5/c32-28(30-29-17-26-14-15-27(36-26)21-8-11-24(12-9-21)31(33)34)22-6-4-19(5-7-22)18-35-25-13-10-20-2-1-3-23(20)16-25/h4-17H,1-3,18H2,(H,30,32)/b29-17-. The van der Waals surface area contributed by atoms with Crippen LogP contribution in [0.15, 0.2) is 88.4 Å². The van der Waals surface area contributed by atoms with Crippen LogP contribution in [0.3, 0.4) is 0 Å². The van der Waals surface area contributed by atoms with Crippen LogP contribution < -0.4 is 10.2 Å². The van der Waals surface area contributed by atoms with Gasteiger partial charge in [0.2, 0.25) is 0 Å². The Balaban J connectivity index is 1.13. The topological polar surface area (TPSA) is 107 Å². The highest BCUT2D eigenvalue weighted by Crippen LogP contribution is 2.27. The summed E-state index contributed by atoms with van der Waals surface area (Å²) in [6.07, 6.45) is 4.86. The molecule has 180 valence electrons. The largest absolute Gasteiger partial charge is 0.489 e. The molecule has 0 spiro atoms. The number of benzene rings is 3. The average molecular weight is 482 g/mol. The number of carbonyl (C=O) groups excluding carboxylic acids is 1. The first kappa shape index (κ1) is 23.0. The molecule has 36 heavy (non-hydrogen) atoms. The van der Waals surface area contributed by atoms with Crippen molar-refractivity contribution in [1.82, 2.24) is 5.43 Å². The number of fused-ring (bicyclic) bond motifs is 1. The van der Waals surface area contributed by atoms with E-state index >= 15 is 0 Å². The lowest BCUT2D eigenvalue weighted by molar-refractivity contribution is -0.384. The summed E-state index contributed by atoms with van der Waals surface area (Å²) in [7, 11) is 0. The zero-order valence-corrected chi connectivity index (χ0v) is 19.3. The molecule has 5 rings (SSSR count). The number of ether oxygens (including phenoxy) is 1. The second-order valence-electron chi connectivity index (χ2n) is 8.47. The van der Waals surface area contributed by atoms with Crippen LogP contribution in [-0.4, -0.2) is 17.0 Å². The molecular formula is C28H23N3O5. The lowest BCUT2D eigenvalue weighted by Crippen LogP contribution is -2.17. The van der Waals surface area contributed by atoms with E-state index in [0.29, 0.717) is 29.3 Å². The molecule has 0 radical (unpaired) electrons. The maximum absolute atomic E-state index is 12.4. The molecule has 0 atom stereocenters. The van der Waals surface area contributed by atoms with Crippen LogP contribution in [0.5, 0.6) is 5.75 Å². The van der Waals surface area contributed by atoms with E-state index in [9.17, 15) is 14.9 Å². The van der Waals surface area contributed by atoms with Gasteiger partial charge in [0.15, 0.2) is 0 Å². The molecule has 0 bridgehead atoms. The molecule has 1 aliphatic carbocycles. The van der Waals surface area contributed by atoms with Gasteiger partial charge in [0, 0.05) is 23.3 Å². The minimum absolute atomic E-state index is 0.00873. The zero-order valence-electron chi connectivity index (χ0n) is 19.3. The summed E-state index contributed by atoms with van der Waals surface area (Å²) < 4.78 is 11.6. The third-order valence-electron chi connectivity index (χ3n) is 6.04. The van der Waals surface area contributed by atoms with Gasteiger partial charge in [0.1, 0.15) is 23.9 Å². The van der Waals surface area contributed by atoms with Gasteiger partial charge in [-0.1, -0.05) is 18.2 Å². The number of hydrogen-bond acceptors (Lipinski definition) is 6. The summed E-state index contributed by atoms with van der Waals surface area (Å²) in [4.78, 5) is 22.7. The van der Waals surface area contributed by atoms with E-state index in [-0.39, 0.29) is 11.6 Å². The number of carbonyl (C=O) groups is 1. The number of nitrogens with one attached hydrogen (secondary N) is 1. The second kappa shape index (κ2) is 10.3. The number of non-ortho nitro benzene ring substituents is 1. The second-order valence-corrected chi connectivity index (χ2v) is 8.47. The molecule has 3 aromatic carbocycles. The molecule has 0 aliphatic heterocycles. The number of nitrogens with zero attached hydrogens (tertiary/aromatic N) is 2. The highest BCUT2D eigenvalue weighted by Gasteiger charge is 2.12. The Labute approximate surface area is 207 Å². The van der Waals surface area contributed by atoms with Gasteiger partial charge in [-0.15, -0.1) is 0 Å². The van der Waals surface area contributed by atoms with Gasteiger partial charge in [-0.25, -0.2) is 5.43 Å². The summed E-state index contributed by atoms with van der Waals surface area (Å²) in [6, 6.07) is 22.9. The van der Waals surface area contributed by atoms with Crippen molar-refractivity contribution in [2.45, 2.75) is 25.9 Å². The number of hydrazone groups is 1. The Morgan fingerprint density at radius 2 is 1.78 bits per heavy atom. The van der Waals surface area contributed by atoms with E-state index < -0.39 is 4.92 Å². The number of aryl methyl sites for hydroxylation is 2. The van der Waals surface area contributed by atoms with Crippen LogP contribution in [0.25, 0.3) is 11.3 Å². The molecule has 4 aromatic rings. The monoisotopic (exact) mass is 481 g/mol. The van der Waals surface area contributed by atoms with Gasteiger partial charge >= 0.3 is 0 Å². The summed E-state index contributed by atoms with van der Waals surface area (Å²) in [5.74, 6) is 1.49. The zero-order chi connectivity index (χ0) is 24.9. The maximum Gasteiger partial charge on any atom is 0.271 e. The molecule has 8 nitrogen and oxygen atoms in total. The number of hydrogen-bond donors (Lipinski definition) is 1. The molecule has 1 aliphatic rings. The summed E-state index contributed by atoms with van der Waals surface area (Å²) >= 11 is 0. The van der Waals surface area contributed by atoms with Crippen molar-refractivity contribution in [3.8, 4) is 17.1 Å². The molecule has 1 amide bonds. The van der Waals surface area contributed by atoms with Crippen LogP contribution in [0.2, 0.25) is 0 Å². The Kier molecular flexibility index (Phi) is 6.57. The lowest BCUT2D eigenvalue weighted by Gasteiger charge is -2.09. The molecular weight excluding hydrogens is 458 g/mol. The first-order chi connectivity index (χ1) is 17.5. The molecule has 1 aromatic heterocycles. The van der Waals surface area contributed by atoms with Gasteiger partial charge < -0.3 is 9.15 Å². The van der Waals surface area contributed by atoms with E-state index in [2.05, 4.69) is 22.7 Å². The van der Waals surface area contributed by atoms with Gasteiger partial charge in [0.05, 0.1) is 11.1 Å². The normalized spacial score (nSPS) is 12.4. The Bertz CT molecular complexity index is 1420. The molecule has 0 fully saturated rings. The number of nitro groups is 1. The van der Waals surface area contributed by atoms with Gasteiger partial charge in [-0.3, -0.25) is 14.9 Å².